The van der Waals surface area contributed by atoms with Gasteiger partial charge in [0.15, 0.2) is 0 Å². The normalized spacial score (nSPS) is 11.6. The van der Waals surface area contributed by atoms with Crippen LogP contribution in [0.3, 0.4) is 0 Å². The molecule has 0 saturated heterocycles. The third kappa shape index (κ3) is 5.59. The number of nitrogens with one attached hydrogen (secondary N) is 1. The zero-order valence-electron chi connectivity index (χ0n) is 18.5. The number of aromatic nitrogens is 1. The quantitative estimate of drug-likeness (QED) is 0.322. The summed E-state index contributed by atoms with van der Waals surface area (Å²) in [7, 11) is 0. The molecule has 35 heavy (non-hydrogen) atoms. The van der Waals surface area contributed by atoms with Crippen LogP contribution in [-0.4, -0.2) is 21.6 Å². The molecule has 7 nitrogen and oxygen atoms in total. The summed E-state index contributed by atoms with van der Waals surface area (Å²) in [5.74, 6) is -1.47. The van der Waals surface area contributed by atoms with Crippen LogP contribution in [0.25, 0.3) is 11.1 Å². The lowest BCUT2D eigenvalue weighted by atomic mass is 10.0. The van der Waals surface area contributed by atoms with Crippen molar-refractivity contribution in [3.63, 3.8) is 0 Å². The summed E-state index contributed by atoms with van der Waals surface area (Å²) >= 11 is 6.10. The van der Waals surface area contributed by atoms with Crippen LogP contribution in [0.4, 0.5) is 11.4 Å². The monoisotopic (exact) mass is 487 g/mol. The molecule has 176 valence electrons. The number of halogens is 1. The Hall–Kier alpha value is -4.36. The summed E-state index contributed by atoms with van der Waals surface area (Å²) in [6, 6.07) is 22.5. The number of nitrogens with two attached hydrogens (primary N) is 1. The molecule has 1 amide bonds. The number of nitrogen functional groups attached to an aromatic ring is 1. The smallest absolute Gasteiger partial charge is 0.335 e. The fraction of sp³-hybridized carbons (Fsp3) is 0.0741. The van der Waals surface area contributed by atoms with E-state index in [1.807, 2.05) is 30.3 Å². The second kappa shape index (κ2) is 10.3. The van der Waals surface area contributed by atoms with Crippen molar-refractivity contribution in [1.82, 2.24) is 4.57 Å². The van der Waals surface area contributed by atoms with Crippen LogP contribution in [0.5, 0.6) is 0 Å². The molecule has 1 atom stereocenters. The van der Waals surface area contributed by atoms with Crippen LogP contribution in [0, 0.1) is 0 Å². The number of nitrogens with zero attached hydrogens (tertiary/aromatic N) is 1. The SMILES string of the molecule is Nc1ccc(Cl)cc1-c1ccn(C(Cc2ccccc2)C(=O)Nc2ccc(C(=O)O)cc2)c(=O)c1. The van der Waals surface area contributed by atoms with Crippen LogP contribution in [0.1, 0.15) is 22.0 Å². The van der Waals surface area contributed by atoms with Crippen molar-refractivity contribution in [3.05, 3.63) is 118 Å². The second-order valence-corrected chi connectivity index (χ2v) is 8.41. The highest BCUT2D eigenvalue weighted by Crippen LogP contribution is 2.28. The maximum absolute atomic E-state index is 13.3. The molecule has 0 saturated carbocycles. The van der Waals surface area contributed by atoms with Crippen molar-refractivity contribution in [1.29, 1.82) is 0 Å². The molecule has 0 bridgehead atoms. The number of carboxylic acid groups (broad SMARTS) is 1. The summed E-state index contributed by atoms with van der Waals surface area (Å²) in [6.45, 7) is 0. The fourth-order valence-electron chi connectivity index (χ4n) is 3.77. The summed E-state index contributed by atoms with van der Waals surface area (Å²) in [5.41, 5.74) is 8.80. The van der Waals surface area contributed by atoms with Crippen LogP contribution in [0.2, 0.25) is 5.02 Å². The number of hydrogen-bond acceptors (Lipinski definition) is 4. The highest BCUT2D eigenvalue weighted by molar-refractivity contribution is 6.31. The van der Waals surface area contributed by atoms with Crippen molar-refractivity contribution >= 4 is 34.9 Å². The third-order valence-electron chi connectivity index (χ3n) is 5.58. The average Bonchev–Trinajstić information content (AvgIpc) is 2.85. The third-order valence-corrected chi connectivity index (χ3v) is 5.82. The molecule has 3 aromatic carbocycles. The molecule has 0 fully saturated rings. The molecule has 0 aliphatic rings. The average molecular weight is 488 g/mol. The van der Waals surface area contributed by atoms with E-state index in [4.69, 9.17) is 22.4 Å². The predicted molar refractivity (Wildman–Crippen MR) is 137 cm³/mol. The molecule has 0 radical (unpaired) electrons. The van der Waals surface area contributed by atoms with Crippen molar-refractivity contribution in [2.45, 2.75) is 12.5 Å². The summed E-state index contributed by atoms with van der Waals surface area (Å²) in [4.78, 5) is 37.6. The number of pyridine rings is 1. The molecule has 0 spiro atoms. The maximum atomic E-state index is 13.3. The Morgan fingerprint density at radius 2 is 1.69 bits per heavy atom. The molecule has 8 heteroatoms. The van der Waals surface area contributed by atoms with Gasteiger partial charge in [0.25, 0.3) is 5.56 Å². The Morgan fingerprint density at radius 1 is 0.971 bits per heavy atom. The molecule has 1 unspecified atom stereocenters. The van der Waals surface area contributed by atoms with Crippen molar-refractivity contribution in [2.24, 2.45) is 0 Å². The van der Waals surface area contributed by atoms with Gasteiger partial charge in [-0.2, -0.15) is 0 Å². The fourth-order valence-corrected chi connectivity index (χ4v) is 3.94. The summed E-state index contributed by atoms with van der Waals surface area (Å²) in [6.07, 6.45) is 1.84. The van der Waals surface area contributed by atoms with E-state index in [9.17, 15) is 14.4 Å². The van der Waals surface area contributed by atoms with Gasteiger partial charge >= 0.3 is 5.97 Å². The molecular formula is C27H22ClN3O4. The van der Waals surface area contributed by atoms with Gasteiger partial charge in [0.05, 0.1) is 5.56 Å². The molecule has 4 N–H and O–H groups in total. The first-order valence-electron chi connectivity index (χ1n) is 10.8. The number of benzene rings is 3. The van der Waals surface area contributed by atoms with E-state index >= 15 is 0 Å². The molecule has 4 aromatic rings. The lowest BCUT2D eigenvalue weighted by molar-refractivity contribution is -0.119. The van der Waals surface area contributed by atoms with Crippen LogP contribution in [0.15, 0.2) is 95.9 Å². The summed E-state index contributed by atoms with van der Waals surface area (Å²) in [5, 5.41) is 12.4. The first kappa shape index (κ1) is 23.8. The van der Waals surface area contributed by atoms with Gasteiger partial charge in [-0.15, -0.1) is 0 Å². The van der Waals surface area contributed by atoms with Crippen LogP contribution in [-0.2, 0) is 11.2 Å². The number of anilines is 2. The number of amides is 1. The Kier molecular flexibility index (Phi) is 6.98. The van der Waals surface area contributed by atoms with Gasteiger partial charge in [0, 0.05) is 40.6 Å². The van der Waals surface area contributed by atoms with Crippen molar-refractivity contribution < 1.29 is 14.7 Å². The largest absolute Gasteiger partial charge is 0.478 e. The number of aromatic carboxylic acids is 1. The summed E-state index contributed by atoms with van der Waals surface area (Å²) < 4.78 is 1.37. The van der Waals surface area contributed by atoms with Crippen molar-refractivity contribution in [3.8, 4) is 11.1 Å². The Bertz CT molecular complexity index is 1430. The number of hydrogen-bond donors (Lipinski definition) is 3. The number of rotatable bonds is 7. The highest BCUT2D eigenvalue weighted by Gasteiger charge is 2.23. The van der Waals surface area contributed by atoms with E-state index in [0.717, 1.165) is 5.56 Å². The Morgan fingerprint density at radius 3 is 2.34 bits per heavy atom. The molecular weight excluding hydrogens is 466 g/mol. The predicted octanol–water partition coefficient (Wildman–Crippen LogP) is 4.87. The van der Waals surface area contributed by atoms with Gasteiger partial charge in [0.2, 0.25) is 5.91 Å². The number of carbonyl (C=O) groups excluding carboxylic acids is 1. The molecule has 0 aliphatic carbocycles. The first-order valence-corrected chi connectivity index (χ1v) is 11.2. The number of carbonyl (C=O) groups is 2. The van der Waals surface area contributed by atoms with E-state index in [2.05, 4.69) is 5.32 Å². The lowest BCUT2D eigenvalue weighted by Gasteiger charge is -2.20. The van der Waals surface area contributed by atoms with E-state index in [1.54, 1.807) is 30.5 Å². The van der Waals surface area contributed by atoms with Gasteiger partial charge in [0.1, 0.15) is 6.04 Å². The minimum atomic E-state index is -1.06. The lowest BCUT2D eigenvalue weighted by Crippen LogP contribution is -2.34. The van der Waals surface area contributed by atoms with Crippen molar-refractivity contribution in [2.75, 3.05) is 11.1 Å². The zero-order chi connectivity index (χ0) is 24.9. The van der Waals surface area contributed by atoms with Crippen LogP contribution < -0.4 is 16.6 Å². The van der Waals surface area contributed by atoms with Gasteiger partial charge in [-0.25, -0.2) is 4.79 Å². The second-order valence-electron chi connectivity index (χ2n) is 7.97. The maximum Gasteiger partial charge on any atom is 0.335 e. The molecule has 0 aliphatic heterocycles. The van der Waals surface area contributed by atoms with E-state index in [1.165, 1.54) is 34.9 Å². The van der Waals surface area contributed by atoms with Gasteiger partial charge < -0.3 is 20.7 Å². The van der Waals surface area contributed by atoms with Gasteiger partial charge in [-0.1, -0.05) is 41.9 Å². The topological polar surface area (TPSA) is 114 Å². The van der Waals surface area contributed by atoms with E-state index in [-0.39, 0.29) is 17.5 Å². The molecule has 1 aromatic heterocycles. The molecule has 1 heterocycles. The minimum absolute atomic E-state index is 0.107. The minimum Gasteiger partial charge on any atom is -0.478 e. The first-order chi connectivity index (χ1) is 16.8. The van der Waals surface area contributed by atoms with Gasteiger partial charge in [-0.05, 0) is 59.7 Å². The molecule has 4 rings (SSSR count). The Labute approximate surface area is 206 Å². The Balaban J connectivity index is 1.68. The number of carboxylic acids is 1. The standard InChI is InChI=1S/C27H22ClN3O4/c28-20-8-11-23(29)22(16-20)19-12-13-31(25(32)15-19)24(14-17-4-2-1-3-5-17)26(33)30-21-9-6-18(7-10-21)27(34)35/h1-13,15-16,24H,14,29H2,(H,30,33)(H,34,35). The van der Waals surface area contributed by atoms with E-state index < -0.39 is 17.9 Å². The van der Waals surface area contributed by atoms with Gasteiger partial charge in [-0.3, -0.25) is 9.59 Å². The van der Waals surface area contributed by atoms with E-state index in [0.29, 0.717) is 27.5 Å². The zero-order valence-corrected chi connectivity index (χ0v) is 19.3. The van der Waals surface area contributed by atoms with Crippen LogP contribution >= 0.6 is 11.6 Å². The highest BCUT2D eigenvalue weighted by atomic mass is 35.5.